The van der Waals surface area contributed by atoms with Gasteiger partial charge >= 0.3 is 18.2 Å². The quantitative estimate of drug-likeness (QED) is 0.110. The van der Waals surface area contributed by atoms with Gasteiger partial charge in [-0.05, 0) is 84.4 Å². The van der Waals surface area contributed by atoms with Crippen molar-refractivity contribution < 1.29 is 33.7 Å². The first-order valence-corrected chi connectivity index (χ1v) is 11.6. The maximum absolute atomic E-state index is 12.5. The molecule has 0 unspecified atom stereocenters. The number of aliphatic hydroxyl groups is 1. The van der Waals surface area contributed by atoms with Crippen molar-refractivity contribution in [2.45, 2.75) is 59.7 Å². The molecule has 10 nitrogen and oxygen atoms in total. The van der Waals surface area contributed by atoms with Crippen LogP contribution < -0.4 is 10.6 Å². The van der Waals surface area contributed by atoms with E-state index in [1.54, 1.807) is 54.5 Å². The molecule has 0 radical (unpaired) electrons. The van der Waals surface area contributed by atoms with Crippen LogP contribution in [-0.4, -0.2) is 47.0 Å². The number of aliphatic hydroxyl groups excluding tert-OH is 1. The lowest BCUT2D eigenvalue weighted by atomic mass is 10.2. The van der Waals surface area contributed by atoms with Gasteiger partial charge in [0.25, 0.3) is 0 Å². The van der Waals surface area contributed by atoms with Crippen LogP contribution in [0.2, 0.25) is 0 Å². The topological polar surface area (TPSA) is 136 Å². The highest BCUT2D eigenvalue weighted by molar-refractivity contribution is 6.31. The second kappa shape index (κ2) is 13.6. The average molecular weight is 536 g/mol. The summed E-state index contributed by atoms with van der Waals surface area (Å²) in [4.78, 5) is 41.2. The van der Waals surface area contributed by atoms with Crippen LogP contribution in [-0.2, 0) is 14.2 Å². The Kier molecular flexibility index (Phi) is 11.6. The summed E-state index contributed by atoms with van der Waals surface area (Å²) in [5.74, 6) is -0.932. The minimum Gasteiger partial charge on any atom is -0.444 e. The normalized spacial score (nSPS) is 12.2. The van der Waals surface area contributed by atoms with Gasteiger partial charge in [-0.1, -0.05) is 24.3 Å². The summed E-state index contributed by atoms with van der Waals surface area (Å²) in [6.45, 7) is 15.2. The standard InChI is InChI=1S/C26H34ClN3O7/c1-16(15-31)9-14-20(17(2)27)35-21(32)18-10-12-19(13-11-18)28-22(29-23(33)36-25(3,4)5)30-24(34)37-26(6,7)8/h9-14,31H,2,15H2,1,3-8H3,(H2,28,29,30,33,34)/b16-9+,20-14+. The van der Waals surface area contributed by atoms with Crippen LogP contribution in [0.15, 0.2) is 64.4 Å². The molecule has 2 amide bonds. The fourth-order valence-electron chi connectivity index (χ4n) is 2.30. The number of guanidine groups is 1. The van der Waals surface area contributed by atoms with Crippen molar-refractivity contribution in [2.75, 3.05) is 6.61 Å². The first-order chi connectivity index (χ1) is 17.0. The average Bonchev–Trinajstić information content (AvgIpc) is 2.73. The van der Waals surface area contributed by atoms with Crippen molar-refractivity contribution in [1.82, 2.24) is 10.6 Å². The Balaban J connectivity index is 3.13. The van der Waals surface area contributed by atoms with Crippen LogP contribution in [0.5, 0.6) is 0 Å². The molecule has 1 aromatic rings. The van der Waals surface area contributed by atoms with Gasteiger partial charge in [-0.25, -0.2) is 19.4 Å². The van der Waals surface area contributed by atoms with Gasteiger partial charge in [0.1, 0.15) is 17.0 Å². The number of amides is 2. The molecule has 0 heterocycles. The number of esters is 1. The van der Waals surface area contributed by atoms with E-state index >= 15 is 0 Å². The van der Waals surface area contributed by atoms with E-state index in [0.29, 0.717) is 5.57 Å². The van der Waals surface area contributed by atoms with Crippen molar-refractivity contribution >= 4 is 41.4 Å². The van der Waals surface area contributed by atoms with E-state index in [1.807, 2.05) is 0 Å². The second-order valence-corrected chi connectivity index (χ2v) is 10.2. The van der Waals surface area contributed by atoms with Gasteiger partial charge in [-0.2, -0.15) is 0 Å². The molecule has 37 heavy (non-hydrogen) atoms. The lowest BCUT2D eigenvalue weighted by molar-refractivity contribution is 0.0543. The number of ether oxygens (including phenoxy) is 3. The third-order valence-corrected chi connectivity index (χ3v) is 4.01. The molecule has 11 heteroatoms. The highest BCUT2D eigenvalue weighted by atomic mass is 35.5. The number of aliphatic imine (C=N–C) groups is 1. The van der Waals surface area contributed by atoms with E-state index in [2.05, 4.69) is 22.2 Å². The van der Waals surface area contributed by atoms with E-state index in [1.165, 1.54) is 30.3 Å². The Bertz CT molecular complexity index is 1060. The molecule has 0 bridgehead atoms. The summed E-state index contributed by atoms with van der Waals surface area (Å²) < 4.78 is 15.7. The molecule has 3 N–H and O–H groups in total. The number of halogens is 1. The molecule has 0 aliphatic carbocycles. The molecular weight excluding hydrogens is 502 g/mol. The predicted molar refractivity (Wildman–Crippen MR) is 142 cm³/mol. The third kappa shape index (κ3) is 13.3. The zero-order valence-corrected chi connectivity index (χ0v) is 22.9. The molecule has 0 fully saturated rings. The van der Waals surface area contributed by atoms with Crippen molar-refractivity contribution in [2.24, 2.45) is 4.99 Å². The Labute approximate surface area is 222 Å². The first kappa shape index (κ1) is 31.4. The predicted octanol–water partition coefficient (Wildman–Crippen LogP) is 5.46. The Hall–Kier alpha value is -3.63. The van der Waals surface area contributed by atoms with Gasteiger partial charge < -0.3 is 19.3 Å². The lowest BCUT2D eigenvalue weighted by Gasteiger charge is -2.22. The maximum Gasteiger partial charge on any atom is 0.414 e. The summed E-state index contributed by atoms with van der Waals surface area (Å²) in [5.41, 5.74) is -0.469. The number of nitrogens with zero attached hydrogens (tertiary/aromatic N) is 1. The van der Waals surface area contributed by atoms with Crippen LogP contribution in [0, 0.1) is 0 Å². The van der Waals surface area contributed by atoms with E-state index < -0.39 is 29.4 Å². The van der Waals surface area contributed by atoms with E-state index in [-0.39, 0.29) is 34.6 Å². The number of alkyl carbamates (subject to hydrolysis) is 2. The first-order valence-electron chi connectivity index (χ1n) is 11.2. The van der Waals surface area contributed by atoms with E-state index in [9.17, 15) is 14.4 Å². The number of hydrogen-bond donors (Lipinski definition) is 3. The maximum atomic E-state index is 12.5. The number of carbonyl (C=O) groups excluding carboxylic acids is 3. The van der Waals surface area contributed by atoms with Crippen LogP contribution in [0.4, 0.5) is 15.3 Å². The number of allylic oxidation sites excluding steroid dienone is 3. The van der Waals surface area contributed by atoms with E-state index in [0.717, 1.165) is 0 Å². The molecule has 202 valence electrons. The Morgan fingerprint density at radius 1 is 0.973 bits per heavy atom. The van der Waals surface area contributed by atoms with Crippen molar-refractivity contribution in [3.63, 3.8) is 0 Å². The molecular formula is C26H34ClN3O7. The highest BCUT2D eigenvalue weighted by Crippen LogP contribution is 2.19. The van der Waals surface area contributed by atoms with Gasteiger partial charge in [0.05, 0.1) is 22.9 Å². The lowest BCUT2D eigenvalue weighted by Crippen LogP contribution is -2.47. The molecule has 1 aromatic carbocycles. The van der Waals surface area contributed by atoms with Crippen LogP contribution in [0.3, 0.4) is 0 Å². The van der Waals surface area contributed by atoms with Crippen LogP contribution in [0.1, 0.15) is 58.8 Å². The molecule has 0 saturated carbocycles. The van der Waals surface area contributed by atoms with Crippen LogP contribution in [0.25, 0.3) is 0 Å². The molecule has 0 spiro atoms. The minimum absolute atomic E-state index is 0.00244. The molecule has 1 rings (SSSR count). The minimum atomic E-state index is -0.839. The monoisotopic (exact) mass is 535 g/mol. The molecule has 0 aliphatic rings. The fraction of sp³-hybridized carbons (Fsp3) is 0.385. The SMILES string of the molecule is C=C(Cl)/C(=C\C=C(/C)CO)OC(=O)c1ccc(N=C(NC(=O)OC(C)(C)C)NC(=O)OC(C)(C)C)cc1. The summed E-state index contributed by atoms with van der Waals surface area (Å²) in [6, 6.07) is 5.81. The largest absolute Gasteiger partial charge is 0.444 e. The smallest absolute Gasteiger partial charge is 0.414 e. The fourth-order valence-corrected chi connectivity index (χ4v) is 2.40. The zero-order chi connectivity index (χ0) is 28.4. The molecule has 0 saturated heterocycles. The van der Waals surface area contributed by atoms with E-state index in [4.69, 9.17) is 30.9 Å². The molecule has 0 aliphatic heterocycles. The zero-order valence-electron chi connectivity index (χ0n) is 22.1. The van der Waals surface area contributed by atoms with Gasteiger partial charge in [-0.3, -0.25) is 10.6 Å². The van der Waals surface area contributed by atoms with Gasteiger partial charge in [0.15, 0.2) is 0 Å². The van der Waals surface area contributed by atoms with Crippen molar-refractivity contribution in [3.8, 4) is 0 Å². The number of carbonyl (C=O) groups is 3. The number of benzene rings is 1. The van der Waals surface area contributed by atoms with Crippen molar-refractivity contribution in [3.05, 3.63) is 64.9 Å². The summed E-state index contributed by atoms with van der Waals surface area (Å²) in [6.07, 6.45) is 1.29. The third-order valence-electron chi connectivity index (χ3n) is 3.82. The number of hydrogen-bond acceptors (Lipinski definition) is 8. The van der Waals surface area contributed by atoms with Crippen molar-refractivity contribution in [1.29, 1.82) is 0 Å². The second-order valence-electron chi connectivity index (χ2n) is 9.76. The van der Waals surface area contributed by atoms with Gasteiger partial charge in [-0.15, -0.1) is 0 Å². The number of nitrogens with one attached hydrogen (secondary N) is 2. The summed E-state index contributed by atoms with van der Waals surface area (Å²) >= 11 is 5.91. The summed E-state index contributed by atoms with van der Waals surface area (Å²) in [5, 5.41) is 13.8. The highest BCUT2D eigenvalue weighted by Gasteiger charge is 2.21. The summed E-state index contributed by atoms with van der Waals surface area (Å²) in [7, 11) is 0. The van der Waals surface area contributed by atoms with Gasteiger partial charge in [0, 0.05) is 0 Å². The Morgan fingerprint density at radius 3 is 1.86 bits per heavy atom. The number of rotatable bonds is 6. The van der Waals surface area contributed by atoms with Crippen LogP contribution >= 0.6 is 11.6 Å². The Morgan fingerprint density at radius 2 is 1.46 bits per heavy atom. The molecule has 0 aromatic heterocycles. The molecule has 0 atom stereocenters. The van der Waals surface area contributed by atoms with Gasteiger partial charge in [0.2, 0.25) is 5.96 Å².